The number of nitrogens with two attached hydrogens (primary N) is 1. The fourth-order valence-electron chi connectivity index (χ4n) is 3.62. The smallest absolute Gasteiger partial charge is 0.223 e. The largest absolute Gasteiger partial charge is 0.493 e. The second-order valence-electron chi connectivity index (χ2n) is 6.56. The van der Waals surface area contributed by atoms with Crippen molar-refractivity contribution in [1.29, 1.82) is 0 Å². The second kappa shape index (κ2) is 9.51. The van der Waals surface area contributed by atoms with Crippen molar-refractivity contribution in [3.63, 3.8) is 0 Å². The molecule has 5 nitrogen and oxygen atoms in total. The van der Waals surface area contributed by atoms with Crippen LogP contribution in [0.1, 0.15) is 36.4 Å². The van der Waals surface area contributed by atoms with E-state index in [4.69, 9.17) is 15.2 Å². The minimum absolute atomic E-state index is 0. The summed E-state index contributed by atoms with van der Waals surface area (Å²) in [4.78, 5) is 14.8. The maximum atomic E-state index is 12.8. The van der Waals surface area contributed by atoms with Crippen LogP contribution in [0.3, 0.4) is 0 Å². The maximum absolute atomic E-state index is 12.8. The first-order valence-electron chi connectivity index (χ1n) is 8.98. The molecule has 2 aromatic rings. The molecule has 2 N–H and O–H groups in total. The van der Waals surface area contributed by atoms with Crippen molar-refractivity contribution in [2.45, 2.75) is 31.7 Å². The van der Waals surface area contributed by atoms with Crippen molar-refractivity contribution in [3.05, 3.63) is 53.6 Å². The first kappa shape index (κ1) is 20.9. The van der Waals surface area contributed by atoms with Crippen molar-refractivity contribution < 1.29 is 14.3 Å². The molecule has 0 radical (unpaired) electrons. The van der Waals surface area contributed by atoms with Gasteiger partial charge in [0.15, 0.2) is 11.5 Å². The number of aryl methyl sites for hydroxylation is 1. The second-order valence-corrected chi connectivity index (χ2v) is 6.56. The van der Waals surface area contributed by atoms with Crippen molar-refractivity contribution in [2.75, 3.05) is 26.5 Å². The Morgan fingerprint density at radius 1 is 1.15 bits per heavy atom. The molecule has 0 aliphatic carbocycles. The topological polar surface area (TPSA) is 64.8 Å². The van der Waals surface area contributed by atoms with Crippen molar-refractivity contribution in [1.82, 2.24) is 4.90 Å². The number of hydrogen-bond donors (Lipinski definition) is 1. The van der Waals surface area contributed by atoms with E-state index in [1.165, 1.54) is 0 Å². The molecule has 1 unspecified atom stereocenters. The third kappa shape index (κ3) is 4.66. The van der Waals surface area contributed by atoms with Crippen LogP contribution in [0.4, 0.5) is 5.69 Å². The first-order chi connectivity index (χ1) is 12.6. The van der Waals surface area contributed by atoms with Gasteiger partial charge in [-0.3, -0.25) is 4.79 Å². The van der Waals surface area contributed by atoms with Gasteiger partial charge in [0.05, 0.1) is 20.3 Å². The normalized spacial score (nSPS) is 15.9. The number of methoxy groups -OCH3 is 2. The Hall–Kier alpha value is -2.40. The fraction of sp³-hybridized carbons (Fsp3) is 0.381. The first-order valence-corrected chi connectivity index (χ1v) is 8.98. The monoisotopic (exact) mass is 390 g/mol. The highest BCUT2D eigenvalue weighted by Gasteiger charge is 2.30. The molecule has 1 fully saturated rings. The molecule has 0 spiro atoms. The number of amides is 1. The molecule has 1 atom stereocenters. The zero-order valence-electron chi connectivity index (χ0n) is 15.8. The predicted octanol–water partition coefficient (Wildman–Crippen LogP) is 4.00. The minimum Gasteiger partial charge on any atom is -0.493 e. The quantitative estimate of drug-likeness (QED) is 0.757. The predicted molar refractivity (Wildman–Crippen MR) is 110 cm³/mol. The van der Waals surface area contributed by atoms with E-state index < -0.39 is 0 Å². The summed E-state index contributed by atoms with van der Waals surface area (Å²) in [7, 11) is 3.25. The van der Waals surface area contributed by atoms with Gasteiger partial charge in [-0.05, 0) is 48.6 Å². The van der Waals surface area contributed by atoms with Crippen LogP contribution in [0.15, 0.2) is 42.5 Å². The van der Waals surface area contributed by atoms with E-state index in [9.17, 15) is 4.79 Å². The van der Waals surface area contributed by atoms with Crippen LogP contribution in [0, 0.1) is 0 Å². The molecule has 6 heteroatoms. The molecule has 146 valence electrons. The number of nitrogen functional groups attached to an aromatic ring is 1. The van der Waals surface area contributed by atoms with Crippen molar-refractivity contribution in [2.24, 2.45) is 0 Å². The van der Waals surface area contributed by atoms with Gasteiger partial charge in [-0.1, -0.05) is 24.3 Å². The number of carbonyl (C=O) groups excluding carboxylic acids is 1. The van der Waals surface area contributed by atoms with Crippen LogP contribution < -0.4 is 15.2 Å². The van der Waals surface area contributed by atoms with E-state index >= 15 is 0 Å². The number of rotatable bonds is 6. The molecule has 1 aliphatic heterocycles. The van der Waals surface area contributed by atoms with Crippen molar-refractivity contribution >= 4 is 24.0 Å². The summed E-state index contributed by atoms with van der Waals surface area (Å²) in [5.74, 6) is 1.57. The van der Waals surface area contributed by atoms with Gasteiger partial charge in [0, 0.05) is 18.7 Å². The number of hydrogen-bond acceptors (Lipinski definition) is 4. The highest BCUT2D eigenvalue weighted by Crippen LogP contribution is 2.37. The van der Waals surface area contributed by atoms with E-state index in [-0.39, 0.29) is 24.4 Å². The van der Waals surface area contributed by atoms with E-state index in [1.54, 1.807) is 14.2 Å². The lowest BCUT2D eigenvalue weighted by atomic mass is 10.0. The highest BCUT2D eigenvalue weighted by atomic mass is 35.5. The van der Waals surface area contributed by atoms with Gasteiger partial charge in [0.2, 0.25) is 5.91 Å². The molecule has 2 aromatic carbocycles. The Morgan fingerprint density at radius 2 is 1.89 bits per heavy atom. The molecule has 3 rings (SSSR count). The molecule has 0 saturated carbocycles. The summed E-state index contributed by atoms with van der Waals surface area (Å²) < 4.78 is 10.7. The van der Waals surface area contributed by atoms with E-state index in [0.717, 1.165) is 36.2 Å². The van der Waals surface area contributed by atoms with Gasteiger partial charge in [0.25, 0.3) is 0 Å². The Balaban J connectivity index is 0.00000261. The van der Waals surface area contributed by atoms with Gasteiger partial charge in [-0.15, -0.1) is 12.4 Å². The van der Waals surface area contributed by atoms with Crippen LogP contribution in [0.2, 0.25) is 0 Å². The lowest BCUT2D eigenvalue weighted by Crippen LogP contribution is -2.30. The fourth-order valence-corrected chi connectivity index (χ4v) is 3.62. The lowest BCUT2D eigenvalue weighted by molar-refractivity contribution is -0.132. The zero-order valence-corrected chi connectivity index (χ0v) is 16.6. The summed E-state index contributed by atoms with van der Waals surface area (Å²) in [6.07, 6.45) is 3.12. The minimum atomic E-state index is 0. The molecule has 1 saturated heterocycles. The summed E-state index contributed by atoms with van der Waals surface area (Å²) >= 11 is 0. The summed E-state index contributed by atoms with van der Waals surface area (Å²) in [5, 5.41) is 0. The SMILES string of the molecule is COc1ccc(C2CCCN2C(=O)CCc2ccccc2N)cc1OC.Cl. The van der Waals surface area contributed by atoms with Gasteiger partial charge in [-0.2, -0.15) is 0 Å². The maximum Gasteiger partial charge on any atom is 0.223 e. The molecule has 1 aliphatic rings. The summed E-state index contributed by atoms with van der Waals surface area (Å²) in [6, 6.07) is 13.7. The Morgan fingerprint density at radius 3 is 2.59 bits per heavy atom. The Bertz CT molecular complexity index is 782. The van der Waals surface area contributed by atoms with E-state index in [1.807, 2.05) is 47.4 Å². The van der Waals surface area contributed by atoms with Crippen LogP contribution in [-0.2, 0) is 11.2 Å². The van der Waals surface area contributed by atoms with Crippen LogP contribution >= 0.6 is 12.4 Å². The van der Waals surface area contributed by atoms with Crippen LogP contribution in [0.5, 0.6) is 11.5 Å². The average molecular weight is 391 g/mol. The molecule has 0 aromatic heterocycles. The van der Waals surface area contributed by atoms with Gasteiger partial charge in [-0.25, -0.2) is 0 Å². The van der Waals surface area contributed by atoms with Crippen LogP contribution in [0.25, 0.3) is 0 Å². The summed E-state index contributed by atoms with van der Waals surface area (Å²) in [5.41, 5.74) is 8.86. The number of benzene rings is 2. The van der Waals surface area contributed by atoms with E-state index in [2.05, 4.69) is 0 Å². The molecular formula is C21H27ClN2O3. The highest BCUT2D eigenvalue weighted by molar-refractivity contribution is 5.85. The zero-order chi connectivity index (χ0) is 18.5. The number of anilines is 1. The van der Waals surface area contributed by atoms with Crippen LogP contribution in [-0.4, -0.2) is 31.6 Å². The Labute approximate surface area is 166 Å². The van der Waals surface area contributed by atoms with E-state index in [0.29, 0.717) is 24.3 Å². The summed E-state index contributed by atoms with van der Waals surface area (Å²) in [6.45, 7) is 0.794. The average Bonchev–Trinajstić information content (AvgIpc) is 3.16. The third-order valence-electron chi connectivity index (χ3n) is 5.03. The van der Waals surface area contributed by atoms with Gasteiger partial charge in [0.1, 0.15) is 0 Å². The molecule has 1 amide bonds. The molecule has 0 bridgehead atoms. The number of ether oxygens (including phenoxy) is 2. The molecular weight excluding hydrogens is 364 g/mol. The Kier molecular flexibility index (Phi) is 7.36. The molecule has 1 heterocycles. The standard InChI is InChI=1S/C21H26N2O3.ClH/c1-25-19-11-9-16(14-20(19)26-2)18-8-5-13-23(18)21(24)12-10-15-6-3-4-7-17(15)22;/h3-4,6-7,9,11,14,18H,5,8,10,12-13,22H2,1-2H3;1H. The van der Waals surface area contributed by atoms with Gasteiger partial charge < -0.3 is 20.1 Å². The number of para-hydroxylation sites is 1. The van der Waals surface area contributed by atoms with Crippen molar-refractivity contribution in [3.8, 4) is 11.5 Å². The lowest BCUT2D eigenvalue weighted by Gasteiger charge is -2.26. The third-order valence-corrected chi connectivity index (χ3v) is 5.03. The number of nitrogens with zero attached hydrogens (tertiary/aromatic N) is 1. The number of likely N-dealkylation sites (tertiary alicyclic amines) is 1. The molecule has 27 heavy (non-hydrogen) atoms. The number of carbonyl (C=O) groups is 1. The number of halogens is 1. The van der Waals surface area contributed by atoms with Gasteiger partial charge >= 0.3 is 0 Å².